The standard InChI is InChI=1S/C19H30N4O.2ClH/c1-2-20-15-16-8-13-23(14-9-16)19(24)17-7-6-10-21-18(17)22-11-4-3-5-12-22;;/h6-7,10,16,20H,2-5,8-9,11-15H2,1H3;2*1H. The molecule has 0 bridgehead atoms. The lowest BCUT2D eigenvalue weighted by atomic mass is 9.96. The number of likely N-dealkylation sites (tertiary alicyclic amines) is 1. The first-order valence-electron chi connectivity index (χ1n) is 9.49. The molecule has 1 amide bonds. The average molecular weight is 403 g/mol. The summed E-state index contributed by atoms with van der Waals surface area (Å²) in [5, 5.41) is 3.43. The van der Waals surface area contributed by atoms with Crippen LogP contribution in [0.25, 0.3) is 0 Å². The first kappa shape index (κ1) is 23.0. The van der Waals surface area contributed by atoms with E-state index in [1.807, 2.05) is 23.2 Å². The van der Waals surface area contributed by atoms with Crippen LogP contribution in [0.1, 0.15) is 49.4 Å². The van der Waals surface area contributed by atoms with Gasteiger partial charge >= 0.3 is 0 Å². The van der Waals surface area contributed by atoms with Crippen LogP contribution in [0, 0.1) is 5.92 Å². The van der Waals surface area contributed by atoms with Crippen LogP contribution >= 0.6 is 24.8 Å². The highest BCUT2D eigenvalue weighted by atomic mass is 35.5. The van der Waals surface area contributed by atoms with Crippen molar-refractivity contribution in [3.8, 4) is 0 Å². The Kier molecular flexibility index (Phi) is 10.3. The smallest absolute Gasteiger partial charge is 0.257 e. The van der Waals surface area contributed by atoms with Crippen molar-refractivity contribution in [2.75, 3.05) is 44.2 Å². The number of nitrogens with one attached hydrogen (secondary N) is 1. The Morgan fingerprint density at radius 1 is 1.15 bits per heavy atom. The first-order valence-corrected chi connectivity index (χ1v) is 9.49. The molecule has 2 aliphatic rings. The highest BCUT2D eigenvalue weighted by Crippen LogP contribution is 2.25. The molecule has 0 unspecified atom stereocenters. The van der Waals surface area contributed by atoms with E-state index in [0.717, 1.165) is 63.5 Å². The SMILES string of the molecule is CCNCC1CCN(C(=O)c2cccnc2N2CCCCC2)CC1.Cl.Cl. The quantitative estimate of drug-likeness (QED) is 0.819. The molecule has 1 N–H and O–H groups in total. The number of piperidine rings is 2. The van der Waals surface area contributed by atoms with Crippen LogP contribution in [0.5, 0.6) is 0 Å². The second-order valence-electron chi connectivity index (χ2n) is 6.97. The zero-order valence-corrected chi connectivity index (χ0v) is 17.3. The largest absolute Gasteiger partial charge is 0.356 e. The van der Waals surface area contributed by atoms with Crippen molar-refractivity contribution in [3.63, 3.8) is 0 Å². The molecule has 1 aromatic heterocycles. The number of nitrogens with zero attached hydrogens (tertiary/aromatic N) is 3. The minimum atomic E-state index is 0. The normalized spacial score (nSPS) is 18.0. The number of aromatic nitrogens is 1. The Hall–Kier alpha value is -1.04. The maximum absolute atomic E-state index is 13.0. The number of anilines is 1. The Bertz CT molecular complexity index is 544. The fraction of sp³-hybridized carbons (Fsp3) is 0.684. The number of carbonyl (C=O) groups excluding carboxylic acids is 1. The maximum Gasteiger partial charge on any atom is 0.257 e. The third kappa shape index (κ3) is 5.73. The number of halogens is 2. The molecular formula is C19H32Cl2N4O. The van der Waals surface area contributed by atoms with Crippen LogP contribution in [0.15, 0.2) is 18.3 Å². The van der Waals surface area contributed by atoms with Crippen molar-refractivity contribution in [2.24, 2.45) is 5.92 Å². The van der Waals surface area contributed by atoms with Gasteiger partial charge in [-0.15, -0.1) is 24.8 Å². The number of rotatable bonds is 5. The zero-order chi connectivity index (χ0) is 16.8. The molecule has 0 saturated carbocycles. The maximum atomic E-state index is 13.0. The number of hydrogen-bond donors (Lipinski definition) is 1. The minimum Gasteiger partial charge on any atom is -0.356 e. The van der Waals surface area contributed by atoms with E-state index in [1.54, 1.807) is 0 Å². The summed E-state index contributed by atoms with van der Waals surface area (Å²) in [5.74, 6) is 1.74. The lowest BCUT2D eigenvalue weighted by molar-refractivity contribution is 0.0690. The third-order valence-corrected chi connectivity index (χ3v) is 5.26. The molecule has 26 heavy (non-hydrogen) atoms. The van der Waals surface area contributed by atoms with Crippen LogP contribution in [-0.4, -0.2) is 55.1 Å². The van der Waals surface area contributed by atoms with E-state index in [1.165, 1.54) is 19.3 Å². The van der Waals surface area contributed by atoms with Gasteiger partial charge in [0.15, 0.2) is 0 Å². The van der Waals surface area contributed by atoms with Crippen molar-refractivity contribution in [1.29, 1.82) is 0 Å². The third-order valence-electron chi connectivity index (χ3n) is 5.26. The fourth-order valence-corrected chi connectivity index (χ4v) is 3.78. The number of amides is 1. The van der Waals surface area contributed by atoms with Gasteiger partial charge in [0.05, 0.1) is 5.56 Å². The molecular weight excluding hydrogens is 371 g/mol. The van der Waals surface area contributed by atoms with Gasteiger partial charge in [-0.05, 0) is 63.2 Å². The summed E-state index contributed by atoms with van der Waals surface area (Å²) < 4.78 is 0. The summed E-state index contributed by atoms with van der Waals surface area (Å²) in [5.41, 5.74) is 0.782. The van der Waals surface area contributed by atoms with Crippen molar-refractivity contribution in [2.45, 2.75) is 39.0 Å². The number of hydrogen-bond acceptors (Lipinski definition) is 4. The van der Waals surface area contributed by atoms with Gasteiger partial charge in [-0.1, -0.05) is 6.92 Å². The van der Waals surface area contributed by atoms with Crippen LogP contribution in [-0.2, 0) is 0 Å². The lowest BCUT2D eigenvalue weighted by Gasteiger charge is -2.34. The molecule has 2 aliphatic heterocycles. The van der Waals surface area contributed by atoms with Gasteiger partial charge in [0.1, 0.15) is 5.82 Å². The molecule has 7 heteroatoms. The highest BCUT2D eigenvalue weighted by Gasteiger charge is 2.27. The Labute approximate surface area is 169 Å². The van der Waals surface area contributed by atoms with E-state index in [2.05, 4.69) is 22.1 Å². The van der Waals surface area contributed by atoms with Gasteiger partial charge in [0.25, 0.3) is 5.91 Å². The van der Waals surface area contributed by atoms with Gasteiger partial charge < -0.3 is 15.1 Å². The molecule has 0 aliphatic carbocycles. The van der Waals surface area contributed by atoms with E-state index < -0.39 is 0 Å². The van der Waals surface area contributed by atoms with Gasteiger partial charge in [-0.2, -0.15) is 0 Å². The van der Waals surface area contributed by atoms with Crippen molar-refractivity contribution < 1.29 is 4.79 Å². The average Bonchev–Trinajstić information content (AvgIpc) is 2.67. The monoisotopic (exact) mass is 402 g/mol. The van der Waals surface area contributed by atoms with Gasteiger partial charge in [0, 0.05) is 32.4 Å². The zero-order valence-electron chi connectivity index (χ0n) is 15.7. The fourth-order valence-electron chi connectivity index (χ4n) is 3.78. The summed E-state index contributed by atoms with van der Waals surface area (Å²) >= 11 is 0. The topological polar surface area (TPSA) is 48.5 Å². The Morgan fingerprint density at radius 3 is 2.50 bits per heavy atom. The van der Waals surface area contributed by atoms with E-state index in [4.69, 9.17) is 0 Å². The molecule has 2 fully saturated rings. The van der Waals surface area contributed by atoms with Gasteiger partial charge in [-0.3, -0.25) is 4.79 Å². The summed E-state index contributed by atoms with van der Waals surface area (Å²) in [7, 11) is 0. The molecule has 148 valence electrons. The number of pyridine rings is 1. The highest BCUT2D eigenvalue weighted by molar-refractivity contribution is 5.99. The molecule has 1 aromatic rings. The minimum absolute atomic E-state index is 0. The van der Waals surface area contributed by atoms with E-state index in [9.17, 15) is 4.79 Å². The predicted octanol–water partition coefficient (Wildman–Crippen LogP) is 3.38. The molecule has 2 saturated heterocycles. The van der Waals surface area contributed by atoms with Crippen molar-refractivity contribution in [3.05, 3.63) is 23.9 Å². The molecule has 5 nitrogen and oxygen atoms in total. The molecule has 0 radical (unpaired) electrons. The van der Waals surface area contributed by atoms with Crippen LogP contribution in [0.3, 0.4) is 0 Å². The van der Waals surface area contributed by atoms with E-state index in [-0.39, 0.29) is 30.7 Å². The van der Waals surface area contributed by atoms with Gasteiger partial charge in [0.2, 0.25) is 0 Å². The van der Waals surface area contributed by atoms with Crippen molar-refractivity contribution >= 4 is 36.5 Å². The number of carbonyl (C=O) groups is 1. The Balaban J connectivity index is 0.00000169. The summed E-state index contributed by atoms with van der Waals surface area (Å²) in [6.07, 6.45) is 7.67. The van der Waals surface area contributed by atoms with Crippen LogP contribution in [0.4, 0.5) is 5.82 Å². The second kappa shape index (κ2) is 11.6. The predicted molar refractivity (Wildman–Crippen MR) is 112 cm³/mol. The molecule has 3 heterocycles. The molecule has 0 aromatic carbocycles. The Morgan fingerprint density at radius 2 is 1.85 bits per heavy atom. The summed E-state index contributed by atoms with van der Waals surface area (Å²) in [6, 6.07) is 3.84. The van der Waals surface area contributed by atoms with Crippen LogP contribution < -0.4 is 10.2 Å². The second-order valence-corrected chi connectivity index (χ2v) is 6.97. The first-order chi connectivity index (χ1) is 11.8. The molecule has 0 atom stereocenters. The lowest BCUT2D eigenvalue weighted by Crippen LogP contribution is -2.41. The van der Waals surface area contributed by atoms with Crippen molar-refractivity contribution in [1.82, 2.24) is 15.2 Å². The molecule has 0 spiro atoms. The van der Waals surface area contributed by atoms with Crippen LogP contribution in [0.2, 0.25) is 0 Å². The summed E-state index contributed by atoms with van der Waals surface area (Å²) in [4.78, 5) is 21.9. The summed E-state index contributed by atoms with van der Waals surface area (Å²) in [6.45, 7) is 8.00. The van der Waals surface area contributed by atoms with E-state index in [0.29, 0.717) is 5.92 Å². The molecule has 3 rings (SSSR count). The van der Waals surface area contributed by atoms with Gasteiger partial charge in [-0.25, -0.2) is 4.98 Å². The van der Waals surface area contributed by atoms with E-state index >= 15 is 0 Å².